The maximum absolute atomic E-state index is 8.92. The highest BCUT2D eigenvalue weighted by Crippen LogP contribution is 2.26. The first kappa shape index (κ1) is 10.3. The zero-order chi connectivity index (χ0) is 11.5. The Morgan fingerprint density at radius 3 is 2.69 bits per heavy atom. The second kappa shape index (κ2) is 4.08. The molecule has 0 saturated carbocycles. The Balaban J connectivity index is 2.64. The summed E-state index contributed by atoms with van der Waals surface area (Å²) in [5.41, 5.74) is 2.98. The smallest absolute Gasteiger partial charge is 0.153 e. The van der Waals surface area contributed by atoms with Gasteiger partial charge in [-0.1, -0.05) is 24.3 Å². The molecular weight excluding hydrogens is 198 g/mol. The van der Waals surface area contributed by atoms with Gasteiger partial charge in [-0.15, -0.1) is 0 Å². The highest BCUT2D eigenvalue weighted by molar-refractivity contribution is 5.77. The second-order valence-corrected chi connectivity index (χ2v) is 3.88. The fourth-order valence-corrected chi connectivity index (χ4v) is 1.99. The van der Waals surface area contributed by atoms with Crippen molar-refractivity contribution < 1.29 is 0 Å². The topological polar surface area (TPSA) is 59.6 Å². The van der Waals surface area contributed by atoms with Crippen molar-refractivity contribution in [2.45, 2.75) is 19.4 Å². The Morgan fingerprint density at radius 2 is 2.00 bits per heavy atom. The molecule has 2 rings (SSSR count). The average Bonchev–Trinajstić information content (AvgIpc) is 2.30. The number of allylic oxidation sites excluding steroid dienone is 1. The molecule has 0 radical (unpaired) electrons. The van der Waals surface area contributed by atoms with Crippen molar-refractivity contribution >= 4 is 5.70 Å². The van der Waals surface area contributed by atoms with E-state index in [0.717, 1.165) is 12.0 Å². The third-order valence-corrected chi connectivity index (χ3v) is 2.68. The Kier molecular flexibility index (Phi) is 2.62. The summed E-state index contributed by atoms with van der Waals surface area (Å²) in [6, 6.07) is 12.0. The molecule has 16 heavy (non-hydrogen) atoms. The maximum Gasteiger partial charge on any atom is 0.153 e. The summed E-state index contributed by atoms with van der Waals surface area (Å²) < 4.78 is 0. The van der Waals surface area contributed by atoms with Crippen LogP contribution in [0.25, 0.3) is 5.70 Å². The van der Waals surface area contributed by atoms with Crippen LogP contribution in [0.4, 0.5) is 0 Å². The predicted octanol–water partition coefficient (Wildman–Crippen LogP) is 1.98. The lowest BCUT2D eigenvalue weighted by molar-refractivity contribution is 0.627. The molecule has 1 aromatic rings. The lowest BCUT2D eigenvalue weighted by Gasteiger charge is -2.26. The van der Waals surface area contributed by atoms with E-state index in [4.69, 9.17) is 10.5 Å². The molecule has 0 spiro atoms. The molecule has 1 atom stereocenters. The minimum atomic E-state index is 0.152. The van der Waals surface area contributed by atoms with Crippen molar-refractivity contribution in [1.29, 1.82) is 10.5 Å². The van der Waals surface area contributed by atoms with Gasteiger partial charge in [0.2, 0.25) is 0 Å². The molecule has 0 amide bonds. The molecule has 3 heteroatoms. The minimum Gasteiger partial charge on any atom is -0.380 e. The number of hydrogen-bond acceptors (Lipinski definition) is 3. The molecule has 3 nitrogen and oxygen atoms in total. The van der Waals surface area contributed by atoms with Crippen LogP contribution in [0.3, 0.4) is 0 Å². The van der Waals surface area contributed by atoms with Gasteiger partial charge in [0.25, 0.3) is 0 Å². The van der Waals surface area contributed by atoms with E-state index in [0.29, 0.717) is 5.70 Å². The fourth-order valence-electron chi connectivity index (χ4n) is 1.99. The second-order valence-electron chi connectivity index (χ2n) is 3.88. The zero-order valence-corrected chi connectivity index (χ0v) is 8.99. The zero-order valence-electron chi connectivity index (χ0n) is 8.99. The SMILES string of the molecule is C[C@H]1Cc2ccccc2C(=C(C#N)C#N)N1. The number of fused-ring (bicyclic) bond motifs is 1. The Morgan fingerprint density at radius 1 is 1.31 bits per heavy atom. The van der Waals surface area contributed by atoms with E-state index in [2.05, 4.69) is 5.32 Å². The van der Waals surface area contributed by atoms with Gasteiger partial charge in [0, 0.05) is 11.6 Å². The molecule has 1 aromatic carbocycles. The van der Waals surface area contributed by atoms with Crippen LogP contribution in [0.5, 0.6) is 0 Å². The first-order valence-electron chi connectivity index (χ1n) is 5.15. The van der Waals surface area contributed by atoms with Gasteiger partial charge < -0.3 is 5.32 Å². The standard InChI is InChI=1S/C13H11N3/c1-9-6-10-4-2-3-5-12(10)13(16-9)11(7-14)8-15/h2-5,9,16H,6H2,1H3/t9-/m0/s1. The van der Waals surface area contributed by atoms with E-state index in [1.807, 2.05) is 43.3 Å². The van der Waals surface area contributed by atoms with Gasteiger partial charge in [0.05, 0.1) is 5.70 Å². The summed E-state index contributed by atoms with van der Waals surface area (Å²) in [4.78, 5) is 0. The quantitative estimate of drug-likeness (QED) is 0.664. The van der Waals surface area contributed by atoms with E-state index in [1.54, 1.807) is 0 Å². The van der Waals surface area contributed by atoms with Crippen molar-refractivity contribution in [1.82, 2.24) is 5.32 Å². The van der Waals surface area contributed by atoms with Crippen LogP contribution in [0.2, 0.25) is 0 Å². The van der Waals surface area contributed by atoms with Gasteiger partial charge in [-0.25, -0.2) is 0 Å². The third kappa shape index (κ3) is 1.64. The molecule has 1 aliphatic rings. The monoisotopic (exact) mass is 209 g/mol. The number of nitrogens with one attached hydrogen (secondary N) is 1. The largest absolute Gasteiger partial charge is 0.380 e. The van der Waals surface area contributed by atoms with Gasteiger partial charge in [0.1, 0.15) is 12.1 Å². The summed E-state index contributed by atoms with van der Waals surface area (Å²) >= 11 is 0. The van der Waals surface area contributed by atoms with E-state index in [-0.39, 0.29) is 11.6 Å². The van der Waals surface area contributed by atoms with Crippen LogP contribution in [0.15, 0.2) is 29.8 Å². The highest BCUT2D eigenvalue weighted by atomic mass is 14.9. The highest BCUT2D eigenvalue weighted by Gasteiger charge is 2.20. The average molecular weight is 209 g/mol. The lowest BCUT2D eigenvalue weighted by Crippen LogP contribution is -2.32. The fraction of sp³-hybridized carbons (Fsp3) is 0.231. The Bertz CT molecular complexity index is 513. The van der Waals surface area contributed by atoms with Crippen LogP contribution in [0.1, 0.15) is 18.1 Å². The van der Waals surface area contributed by atoms with Crippen LogP contribution in [-0.4, -0.2) is 6.04 Å². The van der Waals surface area contributed by atoms with Crippen LogP contribution < -0.4 is 5.32 Å². The number of nitriles is 2. The molecule has 1 N–H and O–H groups in total. The molecule has 1 heterocycles. The summed E-state index contributed by atoms with van der Waals surface area (Å²) in [6.45, 7) is 2.04. The molecule has 0 bridgehead atoms. The van der Waals surface area contributed by atoms with Crippen molar-refractivity contribution in [3.8, 4) is 12.1 Å². The summed E-state index contributed by atoms with van der Waals surface area (Å²) in [6.07, 6.45) is 0.920. The van der Waals surface area contributed by atoms with Gasteiger partial charge in [-0.2, -0.15) is 10.5 Å². The molecule has 0 aliphatic carbocycles. The molecule has 0 saturated heterocycles. The molecule has 1 aliphatic heterocycles. The molecule has 0 fully saturated rings. The van der Waals surface area contributed by atoms with Crippen molar-refractivity contribution in [2.24, 2.45) is 0 Å². The van der Waals surface area contributed by atoms with Crippen molar-refractivity contribution in [3.05, 3.63) is 41.0 Å². The van der Waals surface area contributed by atoms with Crippen LogP contribution in [-0.2, 0) is 6.42 Å². The van der Waals surface area contributed by atoms with Gasteiger partial charge >= 0.3 is 0 Å². The van der Waals surface area contributed by atoms with E-state index in [1.165, 1.54) is 5.56 Å². The number of rotatable bonds is 0. The summed E-state index contributed by atoms with van der Waals surface area (Å²) in [5.74, 6) is 0. The Labute approximate surface area is 94.6 Å². The van der Waals surface area contributed by atoms with E-state index in [9.17, 15) is 0 Å². The molecular formula is C13H11N3. The summed E-state index contributed by atoms with van der Waals surface area (Å²) in [5, 5.41) is 21.0. The number of benzene rings is 1. The first-order chi connectivity index (χ1) is 7.76. The Hall–Kier alpha value is -2.26. The molecule has 0 unspecified atom stereocenters. The van der Waals surface area contributed by atoms with Crippen molar-refractivity contribution in [2.75, 3.05) is 0 Å². The van der Waals surface area contributed by atoms with E-state index < -0.39 is 0 Å². The first-order valence-corrected chi connectivity index (χ1v) is 5.15. The van der Waals surface area contributed by atoms with Crippen LogP contribution in [0, 0.1) is 22.7 Å². The van der Waals surface area contributed by atoms with Gasteiger partial charge in [0.15, 0.2) is 5.57 Å². The summed E-state index contributed by atoms with van der Waals surface area (Å²) in [7, 11) is 0. The van der Waals surface area contributed by atoms with E-state index >= 15 is 0 Å². The predicted molar refractivity (Wildman–Crippen MR) is 60.9 cm³/mol. The molecule has 0 aromatic heterocycles. The third-order valence-electron chi connectivity index (χ3n) is 2.68. The van der Waals surface area contributed by atoms with Gasteiger partial charge in [-0.05, 0) is 18.9 Å². The maximum atomic E-state index is 8.92. The van der Waals surface area contributed by atoms with Crippen LogP contribution >= 0.6 is 0 Å². The normalized spacial score (nSPS) is 17.7. The lowest BCUT2D eigenvalue weighted by atomic mass is 9.92. The van der Waals surface area contributed by atoms with Crippen molar-refractivity contribution in [3.63, 3.8) is 0 Å². The van der Waals surface area contributed by atoms with Gasteiger partial charge in [-0.3, -0.25) is 0 Å². The number of hydrogen-bond donors (Lipinski definition) is 1. The minimum absolute atomic E-state index is 0.152. The number of nitrogens with zero attached hydrogens (tertiary/aromatic N) is 2. The molecule has 78 valence electrons.